The Labute approximate surface area is 132 Å². The molecular formula is C13H10Br2N2O3. The summed E-state index contributed by atoms with van der Waals surface area (Å²) in [7, 11) is 0. The molecule has 0 aliphatic carbocycles. The minimum Gasteiger partial charge on any atom is -0.307 e. The lowest BCUT2D eigenvalue weighted by Crippen LogP contribution is -2.16. The molecule has 0 bridgehead atoms. The van der Waals surface area contributed by atoms with Crippen LogP contribution in [0.2, 0.25) is 0 Å². The number of hydrogen-bond donors (Lipinski definition) is 2. The topological polar surface area (TPSA) is 59.6 Å². The predicted octanol–water partition coefficient (Wildman–Crippen LogP) is 4.72. The van der Waals surface area contributed by atoms with Gasteiger partial charge >= 0.3 is 6.16 Å². The minimum atomic E-state index is -0.906. The van der Waals surface area contributed by atoms with Crippen molar-refractivity contribution in [2.45, 2.75) is 0 Å². The van der Waals surface area contributed by atoms with Gasteiger partial charge in [0, 0.05) is 8.95 Å². The normalized spacial score (nSPS) is 9.70. The molecule has 2 aromatic rings. The molecule has 20 heavy (non-hydrogen) atoms. The Morgan fingerprint density at radius 2 is 1.20 bits per heavy atom. The van der Waals surface area contributed by atoms with Crippen LogP contribution in [0.3, 0.4) is 0 Å². The second-order valence-electron chi connectivity index (χ2n) is 3.62. The Morgan fingerprint density at radius 3 is 1.60 bits per heavy atom. The number of para-hydroxylation sites is 2. The molecule has 0 spiro atoms. The van der Waals surface area contributed by atoms with Crippen LogP contribution in [0.15, 0.2) is 57.5 Å². The van der Waals surface area contributed by atoms with E-state index in [1.807, 2.05) is 24.3 Å². The molecule has 0 aliphatic rings. The van der Waals surface area contributed by atoms with Crippen LogP contribution in [-0.4, -0.2) is 6.16 Å². The second kappa shape index (κ2) is 7.16. The summed E-state index contributed by atoms with van der Waals surface area (Å²) in [6.45, 7) is 0. The summed E-state index contributed by atoms with van der Waals surface area (Å²) in [5, 5.41) is 0. The maximum atomic E-state index is 11.4. The highest BCUT2D eigenvalue weighted by atomic mass is 79.9. The van der Waals surface area contributed by atoms with Crippen molar-refractivity contribution >= 4 is 49.4 Å². The van der Waals surface area contributed by atoms with Crippen LogP contribution >= 0.6 is 31.9 Å². The number of halogens is 2. The molecule has 0 saturated heterocycles. The van der Waals surface area contributed by atoms with Gasteiger partial charge < -0.3 is 9.68 Å². The van der Waals surface area contributed by atoms with Crippen LogP contribution in [0.25, 0.3) is 0 Å². The quantitative estimate of drug-likeness (QED) is 0.726. The Morgan fingerprint density at radius 1 is 0.800 bits per heavy atom. The van der Waals surface area contributed by atoms with E-state index < -0.39 is 6.16 Å². The van der Waals surface area contributed by atoms with Gasteiger partial charge in [-0.3, -0.25) is 0 Å². The minimum absolute atomic E-state index is 0.616. The number of anilines is 2. The third-order valence-electron chi connectivity index (χ3n) is 2.24. The molecule has 2 aromatic carbocycles. The molecule has 0 amide bonds. The molecule has 7 heteroatoms. The smallest absolute Gasteiger partial charge is 0.307 e. The first-order valence-corrected chi connectivity index (χ1v) is 7.14. The molecule has 104 valence electrons. The maximum absolute atomic E-state index is 11.4. The average Bonchev–Trinajstić information content (AvgIpc) is 2.45. The van der Waals surface area contributed by atoms with Crippen LogP contribution in [0.1, 0.15) is 0 Å². The molecule has 0 atom stereocenters. The standard InChI is InChI=1S/C13H10Br2N2O3/c14-9-5-1-3-7-11(9)16-19-13(18)20-17-12-8-4-2-6-10(12)15/h1-8,16-17H. The van der Waals surface area contributed by atoms with Crippen molar-refractivity contribution < 1.29 is 14.5 Å². The van der Waals surface area contributed by atoms with E-state index in [1.54, 1.807) is 24.3 Å². The van der Waals surface area contributed by atoms with E-state index in [0.29, 0.717) is 11.4 Å². The van der Waals surface area contributed by atoms with Crippen molar-refractivity contribution in [3.63, 3.8) is 0 Å². The number of rotatable bonds is 4. The predicted molar refractivity (Wildman–Crippen MR) is 83.1 cm³/mol. The van der Waals surface area contributed by atoms with Gasteiger partial charge in [-0.1, -0.05) is 24.3 Å². The molecule has 0 heterocycles. The Balaban J connectivity index is 1.82. The van der Waals surface area contributed by atoms with E-state index in [9.17, 15) is 4.79 Å². The largest absolute Gasteiger partial charge is 0.558 e. The van der Waals surface area contributed by atoms with E-state index in [2.05, 4.69) is 42.8 Å². The number of carbonyl (C=O) groups excluding carboxylic acids is 1. The molecule has 0 aromatic heterocycles. The molecule has 5 nitrogen and oxygen atoms in total. The van der Waals surface area contributed by atoms with Gasteiger partial charge in [0.1, 0.15) is 0 Å². The number of nitrogens with one attached hydrogen (secondary N) is 2. The fraction of sp³-hybridized carbons (Fsp3) is 0. The van der Waals surface area contributed by atoms with Crippen molar-refractivity contribution in [2.24, 2.45) is 0 Å². The number of carbonyl (C=O) groups is 1. The van der Waals surface area contributed by atoms with E-state index in [0.717, 1.165) is 8.95 Å². The van der Waals surface area contributed by atoms with Crippen LogP contribution < -0.4 is 11.0 Å². The molecule has 2 N–H and O–H groups in total. The van der Waals surface area contributed by atoms with Crippen molar-refractivity contribution in [1.29, 1.82) is 0 Å². The van der Waals surface area contributed by atoms with E-state index in [-0.39, 0.29) is 0 Å². The summed E-state index contributed by atoms with van der Waals surface area (Å²) in [4.78, 5) is 20.9. The number of hydrogen-bond acceptors (Lipinski definition) is 5. The Bertz CT molecular complexity index is 556. The summed E-state index contributed by atoms with van der Waals surface area (Å²) in [6, 6.07) is 14.4. The molecular weight excluding hydrogens is 392 g/mol. The first kappa shape index (κ1) is 14.7. The zero-order chi connectivity index (χ0) is 14.4. The van der Waals surface area contributed by atoms with Crippen molar-refractivity contribution in [3.8, 4) is 0 Å². The first-order chi connectivity index (χ1) is 9.66. The van der Waals surface area contributed by atoms with Gasteiger partial charge in [0.15, 0.2) is 0 Å². The first-order valence-electron chi connectivity index (χ1n) is 5.55. The van der Waals surface area contributed by atoms with E-state index in [4.69, 9.17) is 9.68 Å². The van der Waals surface area contributed by atoms with E-state index >= 15 is 0 Å². The van der Waals surface area contributed by atoms with Gasteiger partial charge in [-0.25, -0.2) is 11.0 Å². The van der Waals surface area contributed by atoms with Crippen molar-refractivity contribution in [2.75, 3.05) is 11.0 Å². The summed E-state index contributed by atoms with van der Waals surface area (Å²) in [6.07, 6.45) is -0.906. The molecule has 0 radical (unpaired) electrons. The molecule has 2 rings (SSSR count). The van der Waals surface area contributed by atoms with Crippen molar-refractivity contribution in [1.82, 2.24) is 0 Å². The highest BCUT2D eigenvalue weighted by Crippen LogP contribution is 2.22. The molecule has 0 aliphatic heterocycles. The Kier molecular flexibility index (Phi) is 5.25. The maximum Gasteiger partial charge on any atom is 0.558 e. The lowest BCUT2D eigenvalue weighted by atomic mass is 10.3. The number of benzene rings is 2. The lowest BCUT2D eigenvalue weighted by molar-refractivity contribution is 0.0903. The van der Waals surface area contributed by atoms with Gasteiger partial charge in [-0.05, 0) is 56.1 Å². The van der Waals surface area contributed by atoms with Gasteiger partial charge in [-0.2, -0.15) is 4.79 Å². The van der Waals surface area contributed by atoms with E-state index in [1.165, 1.54) is 0 Å². The lowest BCUT2D eigenvalue weighted by Gasteiger charge is -2.10. The fourth-order valence-corrected chi connectivity index (χ4v) is 2.03. The monoisotopic (exact) mass is 400 g/mol. The third-order valence-corrected chi connectivity index (χ3v) is 3.62. The van der Waals surface area contributed by atoms with Gasteiger partial charge in [-0.15, -0.1) is 0 Å². The highest BCUT2D eigenvalue weighted by molar-refractivity contribution is 9.11. The Hall–Kier alpha value is -1.73. The fourth-order valence-electron chi connectivity index (χ4n) is 1.30. The average molecular weight is 402 g/mol. The summed E-state index contributed by atoms with van der Waals surface area (Å²) in [5.41, 5.74) is 6.21. The van der Waals surface area contributed by atoms with Crippen molar-refractivity contribution in [3.05, 3.63) is 57.5 Å². The third kappa shape index (κ3) is 4.14. The van der Waals surface area contributed by atoms with Gasteiger partial charge in [0.25, 0.3) is 0 Å². The summed E-state index contributed by atoms with van der Waals surface area (Å²) < 4.78 is 1.54. The van der Waals surface area contributed by atoms with Crippen LogP contribution in [0.4, 0.5) is 16.2 Å². The van der Waals surface area contributed by atoms with Crippen LogP contribution in [0.5, 0.6) is 0 Å². The van der Waals surface area contributed by atoms with Gasteiger partial charge in [0.2, 0.25) is 0 Å². The zero-order valence-corrected chi connectivity index (χ0v) is 13.3. The molecule has 0 fully saturated rings. The van der Waals surface area contributed by atoms with Crippen LogP contribution in [-0.2, 0) is 9.68 Å². The SMILES string of the molecule is O=C(ONc1ccccc1Br)ONc1ccccc1Br. The van der Waals surface area contributed by atoms with Gasteiger partial charge in [0.05, 0.1) is 11.4 Å². The zero-order valence-electron chi connectivity index (χ0n) is 10.1. The van der Waals surface area contributed by atoms with Crippen LogP contribution in [0, 0.1) is 0 Å². The summed E-state index contributed by atoms with van der Waals surface area (Å²) in [5.74, 6) is 0. The molecule has 0 unspecified atom stereocenters. The second-order valence-corrected chi connectivity index (χ2v) is 5.33. The highest BCUT2D eigenvalue weighted by Gasteiger charge is 2.07. The molecule has 0 saturated carbocycles. The summed E-state index contributed by atoms with van der Waals surface area (Å²) >= 11 is 6.63.